The highest BCUT2D eigenvalue weighted by atomic mass is 79.9. The highest BCUT2D eigenvalue weighted by Gasteiger charge is 2.05. The molecule has 2 unspecified atom stereocenters. The van der Waals surface area contributed by atoms with Gasteiger partial charge in [-0.1, -0.05) is 77.8 Å². The topological polar surface area (TPSA) is 0 Å². The van der Waals surface area contributed by atoms with Crippen LogP contribution in [-0.4, -0.2) is 9.65 Å². The Labute approximate surface area is 106 Å². The van der Waals surface area contributed by atoms with Crippen molar-refractivity contribution in [3.8, 4) is 0 Å². The van der Waals surface area contributed by atoms with Crippen LogP contribution in [0.15, 0.2) is 0 Å². The molecule has 0 bridgehead atoms. The lowest BCUT2D eigenvalue weighted by molar-refractivity contribution is 0.578. The zero-order chi connectivity index (χ0) is 10.8. The van der Waals surface area contributed by atoms with E-state index in [2.05, 4.69) is 45.7 Å². The van der Waals surface area contributed by atoms with Crippen LogP contribution in [0, 0.1) is 0 Å². The summed E-state index contributed by atoms with van der Waals surface area (Å²) in [5.74, 6) is 0. The molecule has 0 amide bonds. The normalized spacial score (nSPS) is 15.4. The monoisotopic (exact) mass is 326 g/mol. The van der Waals surface area contributed by atoms with Crippen LogP contribution in [0.4, 0.5) is 0 Å². The number of hydrogen-bond acceptors (Lipinski definition) is 0. The highest BCUT2D eigenvalue weighted by Crippen LogP contribution is 2.19. The van der Waals surface area contributed by atoms with Crippen LogP contribution in [0.5, 0.6) is 0 Å². The maximum absolute atomic E-state index is 3.75. The van der Waals surface area contributed by atoms with E-state index >= 15 is 0 Å². The number of hydrogen-bond donors (Lipinski definition) is 0. The molecule has 2 heteroatoms. The fraction of sp³-hybridized carbons (Fsp3) is 1.00. The predicted molar refractivity (Wildman–Crippen MR) is 73.7 cm³/mol. The van der Waals surface area contributed by atoms with Gasteiger partial charge in [0, 0.05) is 9.65 Å². The molecule has 2 atom stereocenters. The molecule has 0 radical (unpaired) electrons. The SMILES string of the molecule is CCCCCCCC(Br)CCC(C)Br. The van der Waals surface area contributed by atoms with Gasteiger partial charge in [0.15, 0.2) is 0 Å². The summed E-state index contributed by atoms with van der Waals surface area (Å²) >= 11 is 7.34. The first kappa shape index (κ1) is 15.0. The molecule has 0 saturated heterocycles. The third-order valence-electron chi connectivity index (χ3n) is 2.50. The molecule has 0 aromatic rings. The molecular formula is C12H24Br2. The number of alkyl halides is 2. The first-order valence-electron chi connectivity index (χ1n) is 5.95. The Hall–Kier alpha value is 0.960. The molecule has 0 heterocycles. The lowest BCUT2D eigenvalue weighted by atomic mass is 10.1. The smallest absolute Gasteiger partial charge is 0.0146 e. The summed E-state index contributed by atoms with van der Waals surface area (Å²) in [4.78, 5) is 1.41. The van der Waals surface area contributed by atoms with Gasteiger partial charge >= 0.3 is 0 Å². The number of rotatable bonds is 9. The van der Waals surface area contributed by atoms with Crippen LogP contribution in [0.3, 0.4) is 0 Å². The van der Waals surface area contributed by atoms with E-state index in [-0.39, 0.29) is 0 Å². The second-order valence-corrected chi connectivity index (χ2v) is 7.02. The minimum Gasteiger partial charge on any atom is -0.0894 e. The molecule has 0 aliphatic heterocycles. The summed E-state index contributed by atoms with van der Waals surface area (Å²) in [5, 5.41) is 0. The summed E-state index contributed by atoms with van der Waals surface area (Å²) in [6.45, 7) is 4.49. The van der Waals surface area contributed by atoms with E-state index in [9.17, 15) is 0 Å². The van der Waals surface area contributed by atoms with Crippen molar-refractivity contribution in [1.82, 2.24) is 0 Å². The van der Waals surface area contributed by atoms with E-state index in [1.165, 1.54) is 51.4 Å². The minimum atomic E-state index is 0.669. The van der Waals surface area contributed by atoms with Crippen molar-refractivity contribution in [2.24, 2.45) is 0 Å². The zero-order valence-electron chi connectivity index (χ0n) is 9.57. The molecule has 86 valence electrons. The van der Waals surface area contributed by atoms with Crippen molar-refractivity contribution < 1.29 is 0 Å². The van der Waals surface area contributed by atoms with Crippen molar-refractivity contribution in [3.05, 3.63) is 0 Å². The van der Waals surface area contributed by atoms with Crippen LogP contribution in [0.2, 0.25) is 0 Å². The van der Waals surface area contributed by atoms with E-state index in [1.54, 1.807) is 0 Å². The van der Waals surface area contributed by atoms with Crippen LogP contribution in [-0.2, 0) is 0 Å². The molecule has 0 aliphatic rings. The van der Waals surface area contributed by atoms with Crippen molar-refractivity contribution in [1.29, 1.82) is 0 Å². The molecule has 0 rings (SSSR count). The van der Waals surface area contributed by atoms with Crippen molar-refractivity contribution >= 4 is 31.9 Å². The number of unbranched alkanes of at least 4 members (excludes halogenated alkanes) is 4. The zero-order valence-corrected chi connectivity index (χ0v) is 12.7. The van der Waals surface area contributed by atoms with Gasteiger partial charge in [0.1, 0.15) is 0 Å². The second-order valence-electron chi connectivity index (χ2n) is 4.16. The Balaban J connectivity index is 3.14. The maximum Gasteiger partial charge on any atom is 0.0146 e. The maximum atomic E-state index is 3.75. The van der Waals surface area contributed by atoms with Gasteiger partial charge < -0.3 is 0 Å². The van der Waals surface area contributed by atoms with Gasteiger partial charge in [-0.2, -0.15) is 0 Å². The number of halogens is 2. The second kappa shape index (κ2) is 10.5. The molecule has 0 aromatic carbocycles. The summed E-state index contributed by atoms with van der Waals surface area (Å²) < 4.78 is 0. The van der Waals surface area contributed by atoms with E-state index in [0.717, 1.165) is 4.83 Å². The van der Waals surface area contributed by atoms with Crippen LogP contribution in [0.25, 0.3) is 0 Å². The molecular weight excluding hydrogens is 304 g/mol. The largest absolute Gasteiger partial charge is 0.0894 e. The van der Waals surface area contributed by atoms with E-state index in [1.807, 2.05) is 0 Å². The third kappa shape index (κ3) is 11.0. The minimum absolute atomic E-state index is 0.669. The molecule has 0 fully saturated rings. The van der Waals surface area contributed by atoms with Gasteiger partial charge in [0.25, 0.3) is 0 Å². The summed E-state index contributed by atoms with van der Waals surface area (Å²) in [5.41, 5.74) is 0. The Morgan fingerprint density at radius 1 is 0.857 bits per heavy atom. The van der Waals surface area contributed by atoms with Crippen molar-refractivity contribution in [3.63, 3.8) is 0 Å². The molecule has 0 nitrogen and oxygen atoms in total. The molecule has 14 heavy (non-hydrogen) atoms. The summed E-state index contributed by atoms with van der Waals surface area (Å²) in [7, 11) is 0. The van der Waals surface area contributed by atoms with Gasteiger partial charge in [-0.05, 0) is 19.3 Å². The predicted octanol–water partition coefficient (Wildman–Crippen LogP) is 5.67. The van der Waals surface area contributed by atoms with Gasteiger partial charge in [0.05, 0.1) is 0 Å². The Morgan fingerprint density at radius 3 is 2.07 bits per heavy atom. The Kier molecular flexibility index (Phi) is 11.2. The van der Waals surface area contributed by atoms with Crippen molar-refractivity contribution in [2.75, 3.05) is 0 Å². The first-order valence-corrected chi connectivity index (χ1v) is 7.78. The summed E-state index contributed by atoms with van der Waals surface area (Å²) in [6.07, 6.45) is 10.9. The third-order valence-corrected chi connectivity index (χ3v) is 3.87. The van der Waals surface area contributed by atoms with Gasteiger partial charge in [0.2, 0.25) is 0 Å². The Bertz CT molecular complexity index is 113. The van der Waals surface area contributed by atoms with Crippen LogP contribution < -0.4 is 0 Å². The fourth-order valence-electron chi connectivity index (χ4n) is 1.52. The average molecular weight is 328 g/mol. The Morgan fingerprint density at radius 2 is 1.50 bits per heavy atom. The lowest BCUT2D eigenvalue weighted by Gasteiger charge is -2.10. The van der Waals surface area contributed by atoms with E-state index in [4.69, 9.17) is 0 Å². The fourth-order valence-corrected chi connectivity index (χ4v) is 2.38. The van der Waals surface area contributed by atoms with Crippen molar-refractivity contribution in [2.45, 2.75) is 74.9 Å². The van der Waals surface area contributed by atoms with Crippen LogP contribution in [0.1, 0.15) is 65.2 Å². The molecule has 0 aliphatic carbocycles. The standard InChI is InChI=1S/C12H24Br2/c1-3-4-5-6-7-8-12(14)10-9-11(2)13/h11-12H,3-10H2,1-2H3. The molecule has 0 saturated carbocycles. The first-order chi connectivity index (χ1) is 6.66. The lowest BCUT2D eigenvalue weighted by Crippen LogP contribution is -2.01. The van der Waals surface area contributed by atoms with Gasteiger partial charge in [-0.3, -0.25) is 0 Å². The van der Waals surface area contributed by atoms with E-state index in [0.29, 0.717) is 4.83 Å². The molecule has 0 N–H and O–H groups in total. The average Bonchev–Trinajstić information content (AvgIpc) is 2.14. The van der Waals surface area contributed by atoms with Gasteiger partial charge in [-0.25, -0.2) is 0 Å². The summed E-state index contributed by atoms with van der Waals surface area (Å²) in [6, 6.07) is 0. The highest BCUT2D eigenvalue weighted by molar-refractivity contribution is 9.09. The van der Waals surface area contributed by atoms with Gasteiger partial charge in [-0.15, -0.1) is 0 Å². The van der Waals surface area contributed by atoms with E-state index < -0.39 is 0 Å². The van der Waals surface area contributed by atoms with Crippen LogP contribution >= 0.6 is 31.9 Å². The molecule has 0 aromatic heterocycles. The quantitative estimate of drug-likeness (QED) is 0.378. The molecule has 0 spiro atoms.